The molecule has 0 aliphatic carbocycles. The van der Waals surface area contributed by atoms with Gasteiger partial charge in [0, 0.05) is 21.4 Å². The Kier molecular flexibility index (Phi) is 5.70. The Morgan fingerprint density at radius 1 is 0.963 bits per heavy atom. The van der Waals surface area contributed by atoms with Crippen LogP contribution in [0.15, 0.2) is 74.6 Å². The Labute approximate surface area is 158 Å². The minimum atomic E-state index is -4.26. The van der Waals surface area contributed by atoms with Crippen LogP contribution in [0.1, 0.15) is 0 Å². The summed E-state index contributed by atoms with van der Waals surface area (Å²) in [4.78, 5) is 0.406. The van der Waals surface area contributed by atoms with Crippen LogP contribution in [-0.4, -0.2) is 18.2 Å². The van der Waals surface area contributed by atoms with Crippen molar-refractivity contribution in [3.63, 3.8) is 0 Å². The lowest BCUT2D eigenvalue weighted by molar-refractivity contribution is -0.432. The zero-order valence-electron chi connectivity index (χ0n) is 13.5. The highest BCUT2D eigenvalue weighted by Crippen LogP contribution is 2.34. The Morgan fingerprint density at radius 3 is 2.37 bits per heavy atom. The molecule has 4 N–H and O–H groups in total. The van der Waals surface area contributed by atoms with E-state index >= 15 is 0 Å². The average molecular weight is 407 g/mol. The van der Waals surface area contributed by atoms with Crippen molar-refractivity contribution in [2.24, 2.45) is 10.2 Å². The smallest absolute Gasteiger partial charge is 0.294 e. The summed E-state index contributed by atoms with van der Waals surface area (Å²) in [6.45, 7) is 0. The Bertz CT molecular complexity index is 1100. The largest absolute Gasteiger partial charge is 0.398 e. The number of rotatable bonds is 6. The number of hydrogen-bond donors (Lipinski definition) is 3. The molecule has 0 spiro atoms. The summed E-state index contributed by atoms with van der Waals surface area (Å²) in [5, 5.41) is 21.6. The van der Waals surface area contributed by atoms with Gasteiger partial charge in [0.2, 0.25) is 0 Å². The monoisotopic (exact) mass is 407 g/mol. The maximum atomic E-state index is 11.1. The van der Waals surface area contributed by atoms with E-state index in [-0.39, 0.29) is 4.90 Å². The molecule has 3 aromatic carbocycles. The molecular weight excluding hydrogens is 394 g/mol. The lowest BCUT2D eigenvalue weighted by Crippen LogP contribution is -1.96. The minimum Gasteiger partial charge on any atom is -0.398 e. The molecule has 27 heavy (non-hydrogen) atoms. The average Bonchev–Trinajstić information content (AvgIpc) is 2.65. The molecule has 3 aromatic rings. The van der Waals surface area contributed by atoms with Crippen molar-refractivity contribution < 1.29 is 27.6 Å². The van der Waals surface area contributed by atoms with Gasteiger partial charge in [0.1, 0.15) is 0 Å². The molecule has 0 amide bonds. The van der Waals surface area contributed by atoms with Crippen LogP contribution in [0.3, 0.4) is 0 Å². The Hall–Kier alpha value is -2.54. The van der Waals surface area contributed by atoms with Crippen molar-refractivity contribution in [2.45, 2.75) is 9.79 Å². The number of nitrogens with two attached hydrogens (primary N) is 1. The maximum Gasteiger partial charge on any atom is 0.294 e. The lowest BCUT2D eigenvalue weighted by atomic mass is 10.1. The highest BCUT2D eigenvalue weighted by molar-refractivity contribution is 7.94. The first-order valence-electron chi connectivity index (χ1n) is 7.35. The SMILES string of the molecule is Nc1ccc(N=Nc2ccc(S(=O)(=O)O)cc2)c2cc(SOOO)ccc12. The van der Waals surface area contributed by atoms with Crippen LogP contribution < -0.4 is 5.73 Å². The predicted octanol–water partition coefficient (Wildman–Crippen LogP) is 4.51. The standard InChI is InChI=1S/C16H13N3O6S2/c17-15-7-8-16(14-9-11(26-25-24-20)3-6-13(14)15)19-18-10-1-4-12(5-2-10)27(21,22)23/h1-9,20H,17H2,(H,21,22,23). The molecule has 0 radical (unpaired) electrons. The van der Waals surface area contributed by atoms with Crippen LogP contribution in [-0.2, 0) is 19.5 Å². The third-order valence-electron chi connectivity index (χ3n) is 3.57. The summed E-state index contributed by atoms with van der Waals surface area (Å²) >= 11 is 0.802. The second-order valence-corrected chi connectivity index (χ2v) is 7.47. The van der Waals surface area contributed by atoms with Crippen LogP contribution in [0.2, 0.25) is 0 Å². The predicted molar refractivity (Wildman–Crippen MR) is 99.4 cm³/mol. The van der Waals surface area contributed by atoms with Crippen molar-refractivity contribution >= 4 is 50.0 Å². The first kappa shape index (κ1) is 19.2. The lowest BCUT2D eigenvalue weighted by Gasteiger charge is -2.06. The van der Waals surface area contributed by atoms with Crippen molar-refractivity contribution in [3.8, 4) is 0 Å². The normalized spacial score (nSPS) is 12.1. The number of benzene rings is 3. The number of azo groups is 1. The Balaban J connectivity index is 1.95. The van der Waals surface area contributed by atoms with Gasteiger partial charge in [-0.25, -0.2) is 5.26 Å². The number of fused-ring (bicyclic) bond motifs is 1. The van der Waals surface area contributed by atoms with Crippen LogP contribution in [0.4, 0.5) is 17.1 Å². The van der Waals surface area contributed by atoms with Gasteiger partial charge in [0.15, 0.2) is 0 Å². The number of hydrogen-bond acceptors (Lipinski definition) is 9. The van der Waals surface area contributed by atoms with Gasteiger partial charge in [-0.3, -0.25) is 4.55 Å². The van der Waals surface area contributed by atoms with Crippen LogP contribution in [0.5, 0.6) is 0 Å². The number of anilines is 1. The quantitative estimate of drug-likeness (QED) is 0.135. The van der Waals surface area contributed by atoms with Gasteiger partial charge in [-0.2, -0.15) is 13.5 Å². The fourth-order valence-corrected chi connectivity index (χ4v) is 3.20. The molecule has 0 aliphatic rings. The molecule has 9 nitrogen and oxygen atoms in total. The van der Waals surface area contributed by atoms with Crippen molar-refractivity contribution in [1.29, 1.82) is 0 Å². The van der Waals surface area contributed by atoms with Gasteiger partial charge in [-0.15, -0.1) is 9.45 Å². The van der Waals surface area contributed by atoms with Gasteiger partial charge in [0.05, 0.1) is 28.3 Å². The maximum absolute atomic E-state index is 11.1. The number of nitrogens with zero attached hydrogens (tertiary/aromatic N) is 2. The minimum absolute atomic E-state index is 0.229. The molecule has 11 heteroatoms. The molecule has 0 aromatic heterocycles. The van der Waals surface area contributed by atoms with Gasteiger partial charge < -0.3 is 5.73 Å². The molecule has 0 saturated heterocycles. The molecule has 0 fully saturated rings. The van der Waals surface area contributed by atoms with Crippen LogP contribution in [0, 0.1) is 0 Å². The van der Waals surface area contributed by atoms with E-state index in [1.165, 1.54) is 24.3 Å². The van der Waals surface area contributed by atoms with Gasteiger partial charge >= 0.3 is 0 Å². The summed E-state index contributed by atoms with van der Waals surface area (Å²) in [7, 11) is -4.26. The second-order valence-electron chi connectivity index (χ2n) is 5.28. The summed E-state index contributed by atoms with van der Waals surface area (Å²) < 4.78 is 35.5. The summed E-state index contributed by atoms with van der Waals surface area (Å²) in [6.07, 6.45) is 0. The first-order chi connectivity index (χ1) is 12.9. The Morgan fingerprint density at radius 2 is 1.70 bits per heavy atom. The molecule has 3 rings (SSSR count). The van der Waals surface area contributed by atoms with E-state index in [9.17, 15) is 8.42 Å². The van der Waals surface area contributed by atoms with Gasteiger partial charge in [0.25, 0.3) is 10.1 Å². The topological polar surface area (TPSA) is 144 Å². The zero-order valence-corrected chi connectivity index (χ0v) is 15.1. The third kappa shape index (κ3) is 4.60. The van der Waals surface area contributed by atoms with E-state index in [0.29, 0.717) is 27.3 Å². The highest BCUT2D eigenvalue weighted by Gasteiger charge is 2.09. The van der Waals surface area contributed by atoms with Gasteiger partial charge in [-0.05, 0) is 48.5 Å². The first-order valence-corrected chi connectivity index (χ1v) is 9.53. The summed E-state index contributed by atoms with van der Waals surface area (Å²) in [5.74, 6) is 0. The molecule has 0 unspecified atom stereocenters. The third-order valence-corrected chi connectivity index (χ3v) is 5.01. The molecule has 0 bridgehead atoms. The van der Waals surface area contributed by atoms with Crippen molar-refractivity contribution in [1.82, 2.24) is 0 Å². The van der Waals surface area contributed by atoms with E-state index in [2.05, 4.69) is 19.6 Å². The highest BCUT2D eigenvalue weighted by atomic mass is 32.2. The summed E-state index contributed by atoms with van der Waals surface area (Å²) in [5.41, 5.74) is 7.45. The van der Waals surface area contributed by atoms with E-state index in [1.54, 1.807) is 30.3 Å². The van der Waals surface area contributed by atoms with E-state index in [0.717, 1.165) is 17.4 Å². The molecule has 140 valence electrons. The summed E-state index contributed by atoms with van der Waals surface area (Å²) in [6, 6.07) is 13.9. The van der Waals surface area contributed by atoms with E-state index in [4.69, 9.17) is 15.5 Å². The second kappa shape index (κ2) is 8.00. The number of nitrogen functional groups attached to an aromatic ring is 1. The molecule has 0 heterocycles. The molecule has 0 saturated carbocycles. The van der Waals surface area contributed by atoms with Crippen LogP contribution >= 0.6 is 12.0 Å². The van der Waals surface area contributed by atoms with E-state index in [1.807, 2.05) is 0 Å². The molecule has 0 atom stereocenters. The van der Waals surface area contributed by atoms with Crippen LogP contribution in [0.25, 0.3) is 10.8 Å². The molecular formula is C16H13N3O6S2. The zero-order chi connectivity index (χ0) is 19.4. The fraction of sp³-hybridized carbons (Fsp3) is 0. The fourth-order valence-electron chi connectivity index (χ4n) is 2.33. The molecule has 0 aliphatic heterocycles. The van der Waals surface area contributed by atoms with Crippen molar-refractivity contribution in [2.75, 3.05) is 5.73 Å². The van der Waals surface area contributed by atoms with Crippen molar-refractivity contribution in [3.05, 3.63) is 54.6 Å². The van der Waals surface area contributed by atoms with E-state index < -0.39 is 10.1 Å². The van der Waals surface area contributed by atoms with Gasteiger partial charge in [-0.1, -0.05) is 11.1 Å².